The van der Waals surface area contributed by atoms with E-state index in [1.807, 2.05) is 6.07 Å². The van der Waals surface area contributed by atoms with Gasteiger partial charge in [-0.1, -0.05) is 25.0 Å². The molecular weight excluding hydrogens is 217 g/mol. The summed E-state index contributed by atoms with van der Waals surface area (Å²) in [5.41, 5.74) is 1.52. The first kappa shape index (κ1) is 12.1. The molecule has 1 amide bonds. The molecule has 92 valence electrons. The summed E-state index contributed by atoms with van der Waals surface area (Å²) in [5, 5.41) is 2.98. The van der Waals surface area contributed by atoms with Gasteiger partial charge in [0.05, 0.1) is 6.04 Å². The third kappa shape index (κ3) is 3.05. The van der Waals surface area contributed by atoms with Crippen molar-refractivity contribution in [2.45, 2.75) is 45.1 Å². The van der Waals surface area contributed by atoms with Crippen molar-refractivity contribution in [2.24, 2.45) is 0 Å². The molecule has 1 heterocycles. The van der Waals surface area contributed by atoms with E-state index in [1.54, 1.807) is 19.1 Å². The smallest absolute Gasteiger partial charge is 0.220 e. The van der Waals surface area contributed by atoms with Crippen molar-refractivity contribution < 1.29 is 9.18 Å². The maximum atomic E-state index is 13.5. The molecule has 2 nitrogen and oxygen atoms in total. The van der Waals surface area contributed by atoms with E-state index in [4.69, 9.17) is 0 Å². The Morgan fingerprint density at radius 2 is 2.12 bits per heavy atom. The van der Waals surface area contributed by atoms with Crippen LogP contribution in [0.3, 0.4) is 0 Å². The van der Waals surface area contributed by atoms with E-state index in [-0.39, 0.29) is 17.8 Å². The van der Waals surface area contributed by atoms with Gasteiger partial charge < -0.3 is 5.32 Å². The molecule has 0 radical (unpaired) electrons. The number of amides is 1. The van der Waals surface area contributed by atoms with Crippen LogP contribution in [-0.4, -0.2) is 5.91 Å². The van der Waals surface area contributed by atoms with Crippen LogP contribution in [-0.2, 0) is 4.79 Å². The van der Waals surface area contributed by atoms with E-state index in [9.17, 15) is 9.18 Å². The van der Waals surface area contributed by atoms with Crippen LogP contribution in [0.5, 0.6) is 0 Å². The molecule has 1 unspecified atom stereocenters. The minimum atomic E-state index is -0.196. The van der Waals surface area contributed by atoms with Crippen LogP contribution in [0.15, 0.2) is 18.2 Å². The molecule has 1 atom stereocenters. The molecule has 1 aliphatic rings. The fraction of sp³-hybridized carbons (Fsp3) is 0.500. The van der Waals surface area contributed by atoms with Gasteiger partial charge in [0, 0.05) is 6.42 Å². The summed E-state index contributed by atoms with van der Waals surface area (Å²) in [5.74, 6) is -0.116. The Morgan fingerprint density at radius 1 is 1.29 bits per heavy atom. The fourth-order valence-electron chi connectivity index (χ4n) is 2.23. The van der Waals surface area contributed by atoms with Crippen molar-refractivity contribution in [2.75, 3.05) is 0 Å². The van der Waals surface area contributed by atoms with Gasteiger partial charge in [0.1, 0.15) is 5.82 Å². The number of halogens is 1. The van der Waals surface area contributed by atoms with Crippen molar-refractivity contribution in [1.82, 2.24) is 5.32 Å². The second-order valence-electron chi connectivity index (χ2n) is 4.73. The van der Waals surface area contributed by atoms with Crippen LogP contribution in [0.2, 0.25) is 0 Å². The van der Waals surface area contributed by atoms with Gasteiger partial charge >= 0.3 is 0 Å². The van der Waals surface area contributed by atoms with Crippen molar-refractivity contribution in [1.29, 1.82) is 0 Å². The van der Waals surface area contributed by atoms with E-state index in [0.29, 0.717) is 12.0 Å². The molecule has 1 N–H and O–H groups in total. The number of carbonyl (C=O) groups excluding carboxylic acids is 1. The molecule has 0 aromatic heterocycles. The fourth-order valence-corrected chi connectivity index (χ4v) is 2.23. The topological polar surface area (TPSA) is 29.1 Å². The largest absolute Gasteiger partial charge is 0.349 e. The summed E-state index contributed by atoms with van der Waals surface area (Å²) in [6, 6.07) is 5.19. The molecule has 17 heavy (non-hydrogen) atoms. The number of carbonyl (C=O) groups is 1. The zero-order chi connectivity index (χ0) is 12.3. The first-order valence-electron chi connectivity index (χ1n) is 6.22. The molecule has 0 spiro atoms. The molecule has 0 bridgehead atoms. The SMILES string of the molecule is Cc1ccc(C2CCCCCC(=O)N2)cc1F. The molecule has 1 aromatic carbocycles. The lowest BCUT2D eigenvalue weighted by molar-refractivity contribution is -0.122. The van der Waals surface area contributed by atoms with Crippen LogP contribution in [0.1, 0.15) is 49.3 Å². The summed E-state index contributed by atoms with van der Waals surface area (Å²) in [7, 11) is 0. The quantitative estimate of drug-likeness (QED) is 0.795. The van der Waals surface area contributed by atoms with Gasteiger partial charge in [0.15, 0.2) is 0 Å². The number of rotatable bonds is 1. The predicted molar refractivity (Wildman–Crippen MR) is 65.1 cm³/mol. The Kier molecular flexibility index (Phi) is 3.77. The first-order chi connectivity index (χ1) is 8.16. The van der Waals surface area contributed by atoms with Gasteiger partial charge in [-0.15, -0.1) is 0 Å². The Bertz CT molecular complexity index is 417. The highest BCUT2D eigenvalue weighted by atomic mass is 19.1. The van der Waals surface area contributed by atoms with Crippen LogP contribution < -0.4 is 5.32 Å². The first-order valence-corrected chi connectivity index (χ1v) is 6.22. The van der Waals surface area contributed by atoms with Crippen LogP contribution in [0.25, 0.3) is 0 Å². The van der Waals surface area contributed by atoms with Gasteiger partial charge in [-0.2, -0.15) is 0 Å². The molecule has 1 aromatic rings. The second-order valence-corrected chi connectivity index (χ2v) is 4.73. The highest BCUT2D eigenvalue weighted by Crippen LogP contribution is 2.24. The summed E-state index contributed by atoms with van der Waals surface area (Å²) >= 11 is 0. The Hall–Kier alpha value is -1.38. The molecular formula is C14H18FNO. The average molecular weight is 235 g/mol. The van der Waals surface area contributed by atoms with E-state index in [0.717, 1.165) is 31.2 Å². The summed E-state index contributed by atoms with van der Waals surface area (Å²) in [4.78, 5) is 11.6. The average Bonchev–Trinajstić information content (AvgIpc) is 2.27. The standard InChI is InChI=1S/C14H18FNO/c1-10-7-8-11(9-12(10)15)13-5-3-2-4-6-14(17)16-13/h7-9,13H,2-6H2,1H3,(H,16,17). The van der Waals surface area contributed by atoms with Gasteiger partial charge in [0.2, 0.25) is 5.91 Å². The Labute approximate surface area is 101 Å². The van der Waals surface area contributed by atoms with E-state index < -0.39 is 0 Å². The number of hydrogen-bond donors (Lipinski definition) is 1. The second kappa shape index (κ2) is 5.30. The number of aryl methyl sites for hydroxylation is 1. The van der Waals surface area contributed by atoms with Crippen LogP contribution >= 0.6 is 0 Å². The van der Waals surface area contributed by atoms with E-state index >= 15 is 0 Å². The summed E-state index contributed by atoms with van der Waals surface area (Å²) < 4.78 is 13.5. The predicted octanol–water partition coefficient (Wildman–Crippen LogP) is 3.26. The summed E-state index contributed by atoms with van der Waals surface area (Å²) in [6.45, 7) is 1.75. The Balaban J connectivity index is 2.17. The monoisotopic (exact) mass is 235 g/mol. The highest BCUT2D eigenvalue weighted by Gasteiger charge is 2.17. The molecule has 2 rings (SSSR count). The lowest BCUT2D eigenvalue weighted by atomic mass is 9.96. The number of benzene rings is 1. The van der Waals surface area contributed by atoms with Crippen LogP contribution in [0.4, 0.5) is 4.39 Å². The molecule has 3 heteroatoms. The maximum absolute atomic E-state index is 13.5. The van der Waals surface area contributed by atoms with Gasteiger partial charge in [0.25, 0.3) is 0 Å². The lowest BCUT2D eigenvalue weighted by Crippen LogP contribution is -2.29. The minimum Gasteiger partial charge on any atom is -0.349 e. The third-order valence-corrected chi connectivity index (χ3v) is 3.33. The normalized spacial score (nSPS) is 21.5. The van der Waals surface area contributed by atoms with Crippen LogP contribution in [0, 0.1) is 12.7 Å². The number of hydrogen-bond acceptors (Lipinski definition) is 1. The molecule has 0 saturated carbocycles. The summed E-state index contributed by atoms with van der Waals surface area (Å²) in [6.07, 6.45) is 4.61. The van der Waals surface area contributed by atoms with Crippen molar-refractivity contribution in [3.63, 3.8) is 0 Å². The molecule has 1 aliphatic heterocycles. The van der Waals surface area contributed by atoms with Crippen molar-refractivity contribution in [3.8, 4) is 0 Å². The zero-order valence-corrected chi connectivity index (χ0v) is 10.1. The number of nitrogens with one attached hydrogen (secondary N) is 1. The molecule has 1 saturated heterocycles. The third-order valence-electron chi connectivity index (χ3n) is 3.33. The molecule has 0 aliphatic carbocycles. The van der Waals surface area contributed by atoms with E-state index in [2.05, 4.69) is 5.32 Å². The van der Waals surface area contributed by atoms with Gasteiger partial charge in [-0.25, -0.2) is 4.39 Å². The highest BCUT2D eigenvalue weighted by molar-refractivity contribution is 5.76. The van der Waals surface area contributed by atoms with E-state index in [1.165, 1.54) is 0 Å². The Morgan fingerprint density at radius 3 is 2.88 bits per heavy atom. The van der Waals surface area contributed by atoms with Gasteiger partial charge in [-0.05, 0) is 37.0 Å². The van der Waals surface area contributed by atoms with Gasteiger partial charge in [-0.3, -0.25) is 4.79 Å². The maximum Gasteiger partial charge on any atom is 0.220 e. The van der Waals surface area contributed by atoms with Crippen molar-refractivity contribution in [3.05, 3.63) is 35.1 Å². The molecule has 1 fully saturated rings. The zero-order valence-electron chi connectivity index (χ0n) is 10.1. The lowest BCUT2D eigenvalue weighted by Gasteiger charge is -2.22. The van der Waals surface area contributed by atoms with Crippen molar-refractivity contribution >= 4 is 5.91 Å². The minimum absolute atomic E-state index is 0.0297.